The zero-order valence-corrected chi connectivity index (χ0v) is 18.8. The highest BCUT2D eigenvalue weighted by atomic mass is 32.1. The number of nitrogens with zero attached hydrogens (tertiary/aromatic N) is 3. The van der Waals surface area contributed by atoms with E-state index in [1.165, 1.54) is 31.4 Å². The Kier molecular flexibility index (Phi) is 7.36. The smallest absolute Gasteiger partial charge is 0.205 e. The lowest BCUT2D eigenvalue weighted by atomic mass is 9.85. The Morgan fingerprint density at radius 2 is 1.72 bits per heavy atom. The van der Waals surface area contributed by atoms with Crippen LogP contribution in [0.5, 0.6) is 17.2 Å². The van der Waals surface area contributed by atoms with Crippen LogP contribution in [0, 0.1) is 5.92 Å². The Morgan fingerprint density at radius 1 is 1.07 bits per heavy atom. The fraction of sp³-hybridized carbons (Fsp3) is 0.545. The van der Waals surface area contributed by atoms with Crippen molar-refractivity contribution in [3.63, 3.8) is 0 Å². The predicted molar refractivity (Wildman–Crippen MR) is 119 cm³/mol. The third kappa shape index (κ3) is 4.66. The molecule has 7 heteroatoms. The van der Waals surface area contributed by atoms with Crippen LogP contribution < -0.4 is 19.0 Å². The van der Waals surface area contributed by atoms with Gasteiger partial charge in [0.25, 0.3) is 0 Å². The van der Waals surface area contributed by atoms with Crippen LogP contribution >= 0.6 is 11.3 Å². The molecule has 0 amide bonds. The highest BCUT2D eigenvalue weighted by Gasteiger charge is 2.19. The van der Waals surface area contributed by atoms with E-state index in [2.05, 4.69) is 17.3 Å². The molecule has 0 radical (unpaired) electrons. The normalized spacial score (nSPS) is 17.3. The Balaban J connectivity index is 2.01. The lowest BCUT2D eigenvalue weighted by molar-refractivity contribution is 0.324. The molecule has 1 aliphatic rings. The maximum Gasteiger partial charge on any atom is 0.205 e. The standard InChI is InChI=1S/C22H31N3O3S/c1-6-7-15-8-10-17(11-9-15)24-25-18(14-29-22(25)23-2)16-12-19(26-3)21(28-5)20(13-16)27-4/h12-15H,6-11H2,1-5H3. The quantitative estimate of drug-likeness (QED) is 0.639. The van der Waals surface area contributed by atoms with Gasteiger partial charge < -0.3 is 14.2 Å². The zero-order chi connectivity index (χ0) is 20.8. The second-order valence-corrected chi connectivity index (χ2v) is 8.09. The number of hydrogen-bond donors (Lipinski definition) is 0. The van der Waals surface area contributed by atoms with Gasteiger partial charge in [0.1, 0.15) is 0 Å². The summed E-state index contributed by atoms with van der Waals surface area (Å²) < 4.78 is 18.5. The molecule has 0 bridgehead atoms. The largest absolute Gasteiger partial charge is 0.493 e. The first-order chi connectivity index (χ1) is 14.1. The first-order valence-electron chi connectivity index (χ1n) is 10.2. The fourth-order valence-corrected chi connectivity index (χ4v) is 4.72. The van der Waals surface area contributed by atoms with Gasteiger partial charge in [0, 0.05) is 23.7 Å². The maximum absolute atomic E-state index is 5.53. The van der Waals surface area contributed by atoms with E-state index in [1.54, 1.807) is 39.7 Å². The number of hydrogen-bond acceptors (Lipinski definition) is 6. The van der Waals surface area contributed by atoms with Crippen molar-refractivity contribution in [2.45, 2.75) is 45.4 Å². The van der Waals surface area contributed by atoms with Gasteiger partial charge in [-0.25, -0.2) is 4.68 Å². The third-order valence-corrected chi connectivity index (χ3v) is 6.37. The van der Waals surface area contributed by atoms with E-state index in [9.17, 15) is 0 Å². The van der Waals surface area contributed by atoms with E-state index < -0.39 is 0 Å². The van der Waals surface area contributed by atoms with Crippen molar-refractivity contribution < 1.29 is 14.2 Å². The number of methoxy groups -OCH3 is 3. The average Bonchev–Trinajstić information content (AvgIpc) is 3.16. The molecule has 29 heavy (non-hydrogen) atoms. The van der Waals surface area contributed by atoms with Crippen molar-refractivity contribution in [3.05, 3.63) is 22.3 Å². The average molecular weight is 418 g/mol. The first kappa shape index (κ1) is 21.4. The van der Waals surface area contributed by atoms with E-state index >= 15 is 0 Å². The molecule has 0 unspecified atom stereocenters. The number of rotatable bonds is 7. The lowest BCUT2D eigenvalue weighted by Gasteiger charge is -2.22. The molecule has 1 heterocycles. The molecule has 1 fully saturated rings. The van der Waals surface area contributed by atoms with E-state index in [0.717, 1.165) is 34.8 Å². The van der Waals surface area contributed by atoms with Gasteiger partial charge in [0.15, 0.2) is 11.5 Å². The Hall–Kier alpha value is -2.28. The first-order valence-corrected chi connectivity index (χ1v) is 11.0. The van der Waals surface area contributed by atoms with E-state index in [4.69, 9.17) is 19.3 Å². The summed E-state index contributed by atoms with van der Waals surface area (Å²) in [5.74, 6) is 2.68. The molecule has 1 aromatic carbocycles. The molecule has 158 valence electrons. The van der Waals surface area contributed by atoms with Gasteiger partial charge in [-0.1, -0.05) is 19.8 Å². The highest BCUT2D eigenvalue weighted by molar-refractivity contribution is 7.07. The number of thiazole rings is 1. The second kappa shape index (κ2) is 9.96. The van der Waals surface area contributed by atoms with Crippen LogP contribution in [0.4, 0.5) is 0 Å². The van der Waals surface area contributed by atoms with Gasteiger partial charge in [0.05, 0.1) is 27.0 Å². The number of ether oxygens (including phenoxy) is 3. The number of aromatic nitrogens is 1. The molecule has 2 aromatic rings. The molecule has 0 saturated heterocycles. The SMILES string of the molecule is CCCC1CCC(=Nn2c(-c3cc(OC)c(OC)c(OC)c3)csc2=NC)CC1. The summed E-state index contributed by atoms with van der Waals surface area (Å²) in [7, 11) is 6.68. The van der Waals surface area contributed by atoms with Gasteiger partial charge >= 0.3 is 0 Å². The Labute approximate surface area is 176 Å². The van der Waals surface area contributed by atoms with E-state index in [0.29, 0.717) is 17.2 Å². The summed E-state index contributed by atoms with van der Waals surface area (Å²) in [5, 5.41) is 7.09. The van der Waals surface area contributed by atoms with Crippen molar-refractivity contribution in [1.82, 2.24) is 4.68 Å². The minimum Gasteiger partial charge on any atom is -0.493 e. The summed E-state index contributed by atoms with van der Waals surface area (Å²) in [6.07, 6.45) is 7.17. The predicted octanol–water partition coefficient (Wildman–Crippen LogP) is 4.97. The monoisotopic (exact) mass is 417 g/mol. The molecule has 0 atom stereocenters. The second-order valence-electron chi connectivity index (χ2n) is 7.25. The Morgan fingerprint density at radius 3 is 2.24 bits per heavy atom. The fourth-order valence-electron chi connectivity index (χ4n) is 3.92. The van der Waals surface area contributed by atoms with Gasteiger partial charge in [-0.05, 0) is 43.7 Å². The van der Waals surface area contributed by atoms with Crippen LogP contribution in [-0.4, -0.2) is 38.8 Å². The highest BCUT2D eigenvalue weighted by Crippen LogP contribution is 2.41. The van der Waals surface area contributed by atoms with Crippen molar-refractivity contribution in [2.75, 3.05) is 28.4 Å². The van der Waals surface area contributed by atoms with E-state index in [-0.39, 0.29) is 0 Å². The lowest BCUT2D eigenvalue weighted by Crippen LogP contribution is -2.19. The molecular weight excluding hydrogens is 386 g/mol. The molecule has 6 nitrogen and oxygen atoms in total. The van der Waals surface area contributed by atoms with Gasteiger partial charge in [-0.15, -0.1) is 11.3 Å². The molecule has 3 rings (SSSR count). The molecule has 1 aliphatic carbocycles. The molecule has 1 aromatic heterocycles. The van der Waals surface area contributed by atoms with E-state index in [1.807, 2.05) is 16.8 Å². The molecular formula is C22H31N3O3S. The van der Waals surface area contributed by atoms with Crippen molar-refractivity contribution >= 4 is 17.0 Å². The van der Waals surface area contributed by atoms with Crippen LogP contribution in [0.1, 0.15) is 45.4 Å². The summed E-state index contributed by atoms with van der Waals surface area (Å²) in [6.45, 7) is 2.27. The number of benzene rings is 1. The van der Waals surface area contributed by atoms with Crippen LogP contribution in [0.3, 0.4) is 0 Å². The topological polar surface area (TPSA) is 57.3 Å². The van der Waals surface area contributed by atoms with Gasteiger partial charge in [0.2, 0.25) is 10.6 Å². The minimum atomic E-state index is 0.585. The van der Waals surface area contributed by atoms with Gasteiger partial charge in [-0.3, -0.25) is 4.99 Å². The van der Waals surface area contributed by atoms with Crippen LogP contribution in [0.15, 0.2) is 27.6 Å². The minimum absolute atomic E-state index is 0.585. The summed E-state index contributed by atoms with van der Waals surface area (Å²) in [4.78, 5) is 5.30. The van der Waals surface area contributed by atoms with Gasteiger partial charge in [-0.2, -0.15) is 5.10 Å². The summed E-state index contributed by atoms with van der Waals surface area (Å²) >= 11 is 1.58. The molecule has 0 spiro atoms. The third-order valence-electron chi connectivity index (χ3n) is 5.46. The van der Waals surface area contributed by atoms with Crippen molar-refractivity contribution in [3.8, 4) is 28.5 Å². The molecule has 0 aliphatic heterocycles. The Bertz CT molecular complexity index is 895. The van der Waals surface area contributed by atoms with Crippen molar-refractivity contribution in [2.24, 2.45) is 16.0 Å². The van der Waals surface area contributed by atoms with Crippen LogP contribution in [0.25, 0.3) is 11.3 Å². The summed E-state index contributed by atoms with van der Waals surface area (Å²) in [5.41, 5.74) is 3.17. The summed E-state index contributed by atoms with van der Waals surface area (Å²) in [6, 6.07) is 3.91. The zero-order valence-electron chi connectivity index (χ0n) is 18.0. The van der Waals surface area contributed by atoms with Crippen molar-refractivity contribution in [1.29, 1.82) is 0 Å². The molecule has 0 N–H and O–H groups in total. The maximum atomic E-state index is 5.53. The van der Waals surface area contributed by atoms with Crippen LogP contribution in [0.2, 0.25) is 0 Å². The van der Waals surface area contributed by atoms with Crippen LogP contribution in [-0.2, 0) is 0 Å². The molecule has 1 saturated carbocycles.